The summed E-state index contributed by atoms with van der Waals surface area (Å²) in [4.78, 5) is 14.5. The molecule has 1 aromatic carbocycles. The first-order chi connectivity index (χ1) is 12.5. The van der Waals surface area contributed by atoms with Gasteiger partial charge in [0.2, 0.25) is 5.91 Å². The van der Waals surface area contributed by atoms with Crippen LogP contribution in [0.4, 0.5) is 0 Å². The standard InChI is InChI=1S/C20H29N5O/c1-14(2)20(26)21-16(4)19-23-22-18-9-10-24(11-12-25(18)19)13-17-8-6-5-7-15(17)3/h5-8,14,16H,9-13H2,1-4H3,(H,21,26)/t16-/m1/s1. The van der Waals surface area contributed by atoms with Gasteiger partial charge in [-0.2, -0.15) is 0 Å². The lowest BCUT2D eigenvalue weighted by Crippen LogP contribution is -2.32. The lowest BCUT2D eigenvalue weighted by atomic mass is 10.1. The minimum absolute atomic E-state index is 0.0337. The van der Waals surface area contributed by atoms with E-state index < -0.39 is 0 Å². The fraction of sp³-hybridized carbons (Fsp3) is 0.550. The maximum absolute atomic E-state index is 12.0. The van der Waals surface area contributed by atoms with Crippen molar-refractivity contribution in [3.8, 4) is 0 Å². The van der Waals surface area contributed by atoms with Gasteiger partial charge in [0.1, 0.15) is 5.82 Å². The average molecular weight is 355 g/mol. The predicted molar refractivity (Wildman–Crippen MR) is 102 cm³/mol. The van der Waals surface area contributed by atoms with E-state index in [4.69, 9.17) is 0 Å². The molecule has 140 valence electrons. The minimum Gasteiger partial charge on any atom is -0.346 e. The van der Waals surface area contributed by atoms with Crippen LogP contribution >= 0.6 is 0 Å². The third-order valence-electron chi connectivity index (χ3n) is 5.07. The molecular formula is C20H29N5O. The number of carbonyl (C=O) groups excluding carboxylic acids is 1. The first kappa shape index (κ1) is 18.6. The average Bonchev–Trinajstić information content (AvgIpc) is 2.92. The van der Waals surface area contributed by atoms with Crippen LogP contribution in [0.15, 0.2) is 24.3 Å². The van der Waals surface area contributed by atoms with Crippen LogP contribution in [0.1, 0.15) is 49.6 Å². The van der Waals surface area contributed by atoms with E-state index in [2.05, 4.69) is 56.2 Å². The zero-order valence-corrected chi connectivity index (χ0v) is 16.2. The van der Waals surface area contributed by atoms with Gasteiger partial charge in [-0.1, -0.05) is 38.1 Å². The summed E-state index contributed by atoms with van der Waals surface area (Å²) in [6, 6.07) is 8.43. The molecule has 2 heterocycles. The van der Waals surface area contributed by atoms with Gasteiger partial charge in [-0.15, -0.1) is 10.2 Å². The molecule has 1 amide bonds. The van der Waals surface area contributed by atoms with Crippen molar-refractivity contribution in [2.45, 2.75) is 53.2 Å². The van der Waals surface area contributed by atoms with E-state index in [0.717, 1.165) is 44.2 Å². The van der Waals surface area contributed by atoms with Gasteiger partial charge in [-0.25, -0.2) is 0 Å². The zero-order chi connectivity index (χ0) is 18.7. The second-order valence-electron chi connectivity index (χ2n) is 7.46. The molecule has 6 nitrogen and oxygen atoms in total. The highest BCUT2D eigenvalue weighted by Gasteiger charge is 2.23. The molecule has 1 aliphatic rings. The molecule has 0 radical (unpaired) electrons. The third kappa shape index (κ3) is 4.12. The summed E-state index contributed by atoms with van der Waals surface area (Å²) in [5.41, 5.74) is 2.71. The van der Waals surface area contributed by atoms with Crippen molar-refractivity contribution in [3.63, 3.8) is 0 Å². The van der Waals surface area contributed by atoms with Crippen molar-refractivity contribution in [3.05, 3.63) is 47.0 Å². The molecule has 2 aromatic rings. The molecule has 1 N–H and O–H groups in total. The summed E-state index contributed by atoms with van der Waals surface area (Å²) in [6.07, 6.45) is 0.879. The number of aromatic nitrogens is 3. The number of rotatable bonds is 5. The summed E-state index contributed by atoms with van der Waals surface area (Å²) < 4.78 is 2.18. The molecule has 1 atom stereocenters. The number of hydrogen-bond acceptors (Lipinski definition) is 4. The van der Waals surface area contributed by atoms with E-state index in [0.29, 0.717) is 0 Å². The molecule has 26 heavy (non-hydrogen) atoms. The van der Waals surface area contributed by atoms with E-state index in [1.807, 2.05) is 20.8 Å². The van der Waals surface area contributed by atoms with Crippen LogP contribution in [0.25, 0.3) is 0 Å². The highest BCUT2D eigenvalue weighted by molar-refractivity contribution is 5.78. The normalized spacial score (nSPS) is 16.2. The van der Waals surface area contributed by atoms with Crippen LogP contribution in [-0.4, -0.2) is 38.7 Å². The molecular weight excluding hydrogens is 326 g/mol. The van der Waals surface area contributed by atoms with Crippen LogP contribution in [-0.2, 0) is 24.3 Å². The summed E-state index contributed by atoms with van der Waals surface area (Å²) in [6.45, 7) is 11.7. The Morgan fingerprint density at radius 3 is 2.65 bits per heavy atom. The fourth-order valence-electron chi connectivity index (χ4n) is 3.34. The fourth-order valence-corrected chi connectivity index (χ4v) is 3.34. The highest BCUT2D eigenvalue weighted by atomic mass is 16.1. The molecule has 0 bridgehead atoms. The van der Waals surface area contributed by atoms with Crippen molar-refractivity contribution < 1.29 is 4.79 Å². The maximum atomic E-state index is 12.0. The lowest BCUT2D eigenvalue weighted by Gasteiger charge is -2.21. The van der Waals surface area contributed by atoms with Crippen molar-refractivity contribution >= 4 is 5.91 Å². The van der Waals surface area contributed by atoms with Crippen molar-refractivity contribution in [2.75, 3.05) is 13.1 Å². The van der Waals surface area contributed by atoms with E-state index in [-0.39, 0.29) is 17.9 Å². The lowest BCUT2D eigenvalue weighted by molar-refractivity contribution is -0.124. The van der Waals surface area contributed by atoms with Crippen molar-refractivity contribution in [1.29, 1.82) is 0 Å². The maximum Gasteiger partial charge on any atom is 0.223 e. The van der Waals surface area contributed by atoms with Crippen molar-refractivity contribution in [1.82, 2.24) is 25.0 Å². The third-order valence-corrected chi connectivity index (χ3v) is 5.07. The second kappa shape index (κ2) is 7.99. The number of carbonyl (C=O) groups is 1. The van der Waals surface area contributed by atoms with Gasteiger partial charge in [0.05, 0.1) is 6.04 Å². The highest BCUT2D eigenvalue weighted by Crippen LogP contribution is 2.18. The Morgan fingerprint density at radius 2 is 1.92 bits per heavy atom. The predicted octanol–water partition coefficient (Wildman–Crippen LogP) is 2.48. The molecule has 0 spiro atoms. The Bertz CT molecular complexity index is 767. The Balaban J connectivity index is 1.68. The van der Waals surface area contributed by atoms with Gasteiger partial charge in [0.25, 0.3) is 0 Å². The Morgan fingerprint density at radius 1 is 1.15 bits per heavy atom. The molecule has 0 saturated carbocycles. The SMILES string of the molecule is Cc1ccccc1CN1CCc2nnc([C@@H](C)NC(=O)C(C)C)n2CC1. The molecule has 0 saturated heterocycles. The summed E-state index contributed by atoms with van der Waals surface area (Å²) in [5.74, 6) is 1.88. The number of hydrogen-bond donors (Lipinski definition) is 1. The first-order valence-electron chi connectivity index (χ1n) is 9.45. The first-order valence-corrected chi connectivity index (χ1v) is 9.45. The van der Waals surface area contributed by atoms with Crippen LogP contribution in [0, 0.1) is 12.8 Å². The molecule has 6 heteroatoms. The number of nitrogens with zero attached hydrogens (tertiary/aromatic N) is 4. The van der Waals surface area contributed by atoms with Crippen LogP contribution in [0.5, 0.6) is 0 Å². The van der Waals surface area contributed by atoms with Gasteiger partial charge in [-0.05, 0) is 25.0 Å². The largest absolute Gasteiger partial charge is 0.346 e. The Hall–Kier alpha value is -2.21. The van der Waals surface area contributed by atoms with Crippen molar-refractivity contribution in [2.24, 2.45) is 5.92 Å². The molecule has 0 aliphatic carbocycles. The molecule has 0 unspecified atom stereocenters. The van der Waals surface area contributed by atoms with Gasteiger partial charge >= 0.3 is 0 Å². The molecule has 3 rings (SSSR count). The summed E-state index contributed by atoms with van der Waals surface area (Å²) in [5, 5.41) is 11.8. The zero-order valence-electron chi connectivity index (χ0n) is 16.2. The van der Waals surface area contributed by atoms with E-state index in [1.165, 1.54) is 11.1 Å². The number of aryl methyl sites for hydroxylation is 1. The molecule has 0 fully saturated rings. The number of nitrogens with one attached hydrogen (secondary N) is 1. The van der Waals surface area contributed by atoms with E-state index >= 15 is 0 Å². The van der Waals surface area contributed by atoms with E-state index in [9.17, 15) is 4.79 Å². The monoisotopic (exact) mass is 355 g/mol. The quantitative estimate of drug-likeness (QED) is 0.895. The number of fused-ring (bicyclic) bond motifs is 1. The van der Waals surface area contributed by atoms with Gasteiger partial charge in [0.15, 0.2) is 5.82 Å². The van der Waals surface area contributed by atoms with Crippen LogP contribution in [0.3, 0.4) is 0 Å². The Labute approximate surface area is 155 Å². The molecule has 1 aromatic heterocycles. The Kier molecular flexibility index (Phi) is 5.71. The summed E-state index contributed by atoms with van der Waals surface area (Å²) >= 11 is 0. The smallest absolute Gasteiger partial charge is 0.223 e. The number of benzene rings is 1. The van der Waals surface area contributed by atoms with Gasteiger partial charge in [-0.3, -0.25) is 9.69 Å². The summed E-state index contributed by atoms with van der Waals surface area (Å²) in [7, 11) is 0. The topological polar surface area (TPSA) is 63.1 Å². The van der Waals surface area contributed by atoms with Crippen LogP contribution in [0.2, 0.25) is 0 Å². The minimum atomic E-state index is -0.130. The van der Waals surface area contributed by atoms with Gasteiger partial charge < -0.3 is 9.88 Å². The van der Waals surface area contributed by atoms with Crippen LogP contribution < -0.4 is 5.32 Å². The van der Waals surface area contributed by atoms with E-state index in [1.54, 1.807) is 0 Å². The number of amides is 1. The second-order valence-corrected chi connectivity index (χ2v) is 7.46. The molecule has 1 aliphatic heterocycles. The van der Waals surface area contributed by atoms with Gasteiger partial charge in [0, 0.05) is 38.5 Å².